The van der Waals surface area contributed by atoms with Crippen LogP contribution < -0.4 is 16.0 Å². The molecule has 2 amide bonds. The molecule has 0 spiro atoms. The van der Waals surface area contributed by atoms with E-state index in [4.69, 9.17) is 0 Å². The summed E-state index contributed by atoms with van der Waals surface area (Å²) in [7, 11) is 1.98. The fourth-order valence-corrected chi connectivity index (χ4v) is 6.44. The summed E-state index contributed by atoms with van der Waals surface area (Å²) in [5, 5.41) is 9.78. The second-order valence-corrected chi connectivity index (χ2v) is 10.5. The average Bonchev–Trinajstić information content (AvgIpc) is 2.73. The number of amides is 2. The number of hydrogen-bond donors (Lipinski definition) is 3. The molecule has 0 bridgehead atoms. The van der Waals surface area contributed by atoms with E-state index in [9.17, 15) is 14.0 Å². The maximum Gasteiger partial charge on any atom is 0.225 e. The van der Waals surface area contributed by atoms with Crippen LogP contribution in [0.15, 0.2) is 0 Å². The summed E-state index contributed by atoms with van der Waals surface area (Å²) in [6.07, 6.45) is 4.83. The predicted molar refractivity (Wildman–Crippen MR) is 114 cm³/mol. The van der Waals surface area contributed by atoms with Crippen LogP contribution in [0.4, 0.5) is 4.39 Å². The quantitative estimate of drug-likeness (QED) is 0.651. The van der Waals surface area contributed by atoms with Gasteiger partial charge >= 0.3 is 0 Å². The van der Waals surface area contributed by atoms with Gasteiger partial charge < -0.3 is 15.5 Å². The van der Waals surface area contributed by atoms with Gasteiger partial charge in [0.2, 0.25) is 11.8 Å². The SMILES string of the molecule is CC1CC2C(CN1)CC(C1CC(C(=O)NC3CCC(F)CN3)CCC1C)C(=O)N2C. The molecule has 0 aromatic rings. The minimum absolute atomic E-state index is 0.0251. The first-order valence-corrected chi connectivity index (χ1v) is 12.0. The first-order chi connectivity index (χ1) is 14.3. The highest BCUT2D eigenvalue weighted by molar-refractivity contribution is 5.81. The van der Waals surface area contributed by atoms with Gasteiger partial charge in [0.25, 0.3) is 0 Å². The van der Waals surface area contributed by atoms with Gasteiger partial charge in [-0.2, -0.15) is 0 Å². The molecular formula is C23H39FN4O2. The van der Waals surface area contributed by atoms with Gasteiger partial charge in [-0.15, -0.1) is 0 Å². The van der Waals surface area contributed by atoms with Crippen molar-refractivity contribution in [3.05, 3.63) is 0 Å². The maximum atomic E-state index is 13.3. The summed E-state index contributed by atoms with van der Waals surface area (Å²) >= 11 is 0. The number of alkyl halides is 1. The Morgan fingerprint density at radius 3 is 2.60 bits per heavy atom. The molecule has 3 N–H and O–H groups in total. The van der Waals surface area contributed by atoms with E-state index >= 15 is 0 Å². The van der Waals surface area contributed by atoms with E-state index in [0.29, 0.717) is 43.3 Å². The molecule has 9 unspecified atom stereocenters. The number of likely N-dealkylation sites (tertiary alicyclic amines) is 1. The molecular weight excluding hydrogens is 383 g/mol. The molecule has 4 rings (SSSR count). The van der Waals surface area contributed by atoms with Crippen molar-refractivity contribution in [3.8, 4) is 0 Å². The van der Waals surface area contributed by atoms with Crippen LogP contribution in [0.25, 0.3) is 0 Å². The van der Waals surface area contributed by atoms with E-state index in [2.05, 4.69) is 29.8 Å². The minimum Gasteiger partial charge on any atom is -0.342 e. The van der Waals surface area contributed by atoms with Crippen molar-refractivity contribution in [2.24, 2.45) is 29.6 Å². The van der Waals surface area contributed by atoms with Gasteiger partial charge in [0.1, 0.15) is 6.17 Å². The standard InChI is InChI=1S/C23H39FN4O2/c1-13-4-5-15(22(29)27-21-7-6-17(24)12-26-21)9-18(13)19-10-16-11-25-14(2)8-20(16)28(3)23(19)30/h13-21,25-26H,4-12H2,1-3H3,(H,27,29). The number of rotatable bonds is 3. The Hall–Kier alpha value is -1.21. The van der Waals surface area contributed by atoms with Crippen LogP contribution in [0.1, 0.15) is 58.8 Å². The molecule has 7 heteroatoms. The lowest BCUT2D eigenvalue weighted by Crippen LogP contribution is -2.60. The summed E-state index contributed by atoms with van der Waals surface area (Å²) < 4.78 is 13.3. The number of piperidine rings is 3. The van der Waals surface area contributed by atoms with E-state index in [1.807, 2.05) is 11.9 Å². The topological polar surface area (TPSA) is 73.5 Å². The van der Waals surface area contributed by atoms with Crippen LogP contribution in [0.5, 0.6) is 0 Å². The van der Waals surface area contributed by atoms with Gasteiger partial charge in [-0.1, -0.05) is 6.92 Å². The van der Waals surface area contributed by atoms with Crippen LogP contribution in [-0.4, -0.2) is 61.3 Å². The van der Waals surface area contributed by atoms with Crippen molar-refractivity contribution in [2.45, 2.75) is 83.2 Å². The van der Waals surface area contributed by atoms with Crippen LogP contribution in [0, 0.1) is 29.6 Å². The average molecular weight is 423 g/mol. The maximum absolute atomic E-state index is 13.3. The van der Waals surface area contributed by atoms with Gasteiger partial charge in [-0.05, 0) is 69.6 Å². The lowest BCUT2D eigenvalue weighted by molar-refractivity contribution is -0.149. The van der Waals surface area contributed by atoms with Crippen LogP contribution >= 0.6 is 0 Å². The van der Waals surface area contributed by atoms with E-state index in [-0.39, 0.29) is 35.7 Å². The molecule has 0 aromatic carbocycles. The molecule has 30 heavy (non-hydrogen) atoms. The third-order valence-corrected chi connectivity index (χ3v) is 8.40. The number of carbonyl (C=O) groups is 2. The highest BCUT2D eigenvalue weighted by Crippen LogP contribution is 2.44. The molecule has 0 radical (unpaired) electrons. The lowest BCUT2D eigenvalue weighted by atomic mass is 9.64. The zero-order valence-electron chi connectivity index (χ0n) is 18.7. The monoisotopic (exact) mass is 422 g/mol. The van der Waals surface area contributed by atoms with Crippen molar-refractivity contribution < 1.29 is 14.0 Å². The van der Waals surface area contributed by atoms with Crippen molar-refractivity contribution in [1.82, 2.24) is 20.9 Å². The molecule has 170 valence electrons. The fraction of sp³-hybridized carbons (Fsp3) is 0.913. The third kappa shape index (κ3) is 4.52. The van der Waals surface area contributed by atoms with E-state index in [0.717, 1.165) is 38.6 Å². The number of nitrogens with zero attached hydrogens (tertiary/aromatic N) is 1. The highest BCUT2D eigenvalue weighted by Gasteiger charge is 2.47. The molecule has 3 heterocycles. The number of hydrogen-bond acceptors (Lipinski definition) is 4. The van der Waals surface area contributed by atoms with Crippen molar-refractivity contribution in [3.63, 3.8) is 0 Å². The van der Waals surface area contributed by atoms with Crippen molar-refractivity contribution in [2.75, 3.05) is 20.1 Å². The Kier molecular flexibility index (Phi) is 6.68. The summed E-state index contributed by atoms with van der Waals surface area (Å²) in [4.78, 5) is 28.3. The smallest absolute Gasteiger partial charge is 0.225 e. The number of nitrogens with one attached hydrogen (secondary N) is 3. The molecule has 3 aliphatic heterocycles. The Bertz CT molecular complexity index is 639. The van der Waals surface area contributed by atoms with Gasteiger partial charge in [-0.3, -0.25) is 14.9 Å². The van der Waals surface area contributed by atoms with Gasteiger partial charge in [-0.25, -0.2) is 4.39 Å². The molecule has 1 aliphatic carbocycles. The molecule has 1 saturated carbocycles. The van der Waals surface area contributed by atoms with Gasteiger partial charge in [0, 0.05) is 44.1 Å². The predicted octanol–water partition coefficient (Wildman–Crippen LogP) is 2.05. The summed E-state index contributed by atoms with van der Waals surface area (Å²) in [6, 6.07) is 0.806. The third-order valence-electron chi connectivity index (χ3n) is 8.40. The zero-order valence-corrected chi connectivity index (χ0v) is 18.7. The number of halogens is 1. The van der Waals surface area contributed by atoms with Crippen LogP contribution in [-0.2, 0) is 9.59 Å². The highest BCUT2D eigenvalue weighted by atomic mass is 19.1. The van der Waals surface area contributed by atoms with E-state index in [1.165, 1.54) is 0 Å². The van der Waals surface area contributed by atoms with Crippen molar-refractivity contribution >= 4 is 11.8 Å². The molecule has 3 saturated heterocycles. The lowest BCUT2D eigenvalue weighted by Gasteiger charge is -2.50. The summed E-state index contributed by atoms with van der Waals surface area (Å²) in [5.41, 5.74) is 0. The molecule has 4 aliphatic rings. The Labute approximate surface area is 180 Å². The summed E-state index contributed by atoms with van der Waals surface area (Å²) in [5.74, 6) is 1.57. The molecule has 6 nitrogen and oxygen atoms in total. The van der Waals surface area contributed by atoms with E-state index < -0.39 is 6.17 Å². The fourth-order valence-electron chi connectivity index (χ4n) is 6.44. The minimum atomic E-state index is -0.812. The van der Waals surface area contributed by atoms with Gasteiger partial charge in [0.05, 0.1) is 6.17 Å². The van der Waals surface area contributed by atoms with E-state index in [1.54, 1.807) is 0 Å². The first-order valence-electron chi connectivity index (χ1n) is 12.0. The molecule has 9 atom stereocenters. The summed E-state index contributed by atoms with van der Waals surface area (Å²) in [6.45, 7) is 5.74. The second-order valence-electron chi connectivity index (χ2n) is 10.5. The molecule has 4 fully saturated rings. The zero-order chi connectivity index (χ0) is 21.4. The second kappa shape index (κ2) is 9.11. The number of carbonyl (C=O) groups excluding carboxylic acids is 2. The Morgan fingerprint density at radius 2 is 1.87 bits per heavy atom. The molecule has 0 aromatic heterocycles. The van der Waals surface area contributed by atoms with Crippen LogP contribution in [0.2, 0.25) is 0 Å². The Balaban J connectivity index is 1.39. The number of fused-ring (bicyclic) bond motifs is 1. The largest absolute Gasteiger partial charge is 0.342 e. The first kappa shape index (κ1) is 22.0. The van der Waals surface area contributed by atoms with Crippen molar-refractivity contribution in [1.29, 1.82) is 0 Å². The Morgan fingerprint density at radius 1 is 1.07 bits per heavy atom. The van der Waals surface area contributed by atoms with Crippen LogP contribution in [0.3, 0.4) is 0 Å². The normalized spacial score (nSPS) is 45.0. The van der Waals surface area contributed by atoms with Gasteiger partial charge in [0.15, 0.2) is 0 Å².